The predicted octanol–water partition coefficient (Wildman–Crippen LogP) is 3.83. The monoisotopic (exact) mass is 336 g/mol. The van der Waals surface area contributed by atoms with E-state index in [1.165, 1.54) is 10.9 Å². The van der Waals surface area contributed by atoms with Crippen LogP contribution in [-0.2, 0) is 13.5 Å². The lowest BCUT2D eigenvalue weighted by atomic mass is 9.91. The maximum absolute atomic E-state index is 12.8. The standard InChI is InChI=1S/C20H24N4O/c1-12(2)17-11-18(24(3)23-17)20(25)22-16-10-6-8-14-13-7-4-5-9-15(13)21-19(14)16/h4-5,7,9,11-12,16,21H,6,8,10H2,1-3H3,(H,22,25)/t16-/m1/s1. The summed E-state index contributed by atoms with van der Waals surface area (Å²) in [5.41, 5.74) is 5.22. The predicted molar refractivity (Wildman–Crippen MR) is 98.7 cm³/mol. The highest BCUT2D eigenvalue weighted by Crippen LogP contribution is 2.34. The number of carbonyl (C=O) groups is 1. The van der Waals surface area contributed by atoms with Crippen LogP contribution in [0, 0.1) is 0 Å². The van der Waals surface area contributed by atoms with Crippen molar-refractivity contribution in [3.8, 4) is 0 Å². The molecule has 4 rings (SSSR count). The normalized spacial score (nSPS) is 17.0. The lowest BCUT2D eigenvalue weighted by Crippen LogP contribution is -2.32. The van der Waals surface area contributed by atoms with Crippen molar-refractivity contribution in [2.24, 2.45) is 7.05 Å². The molecule has 5 heteroatoms. The molecule has 0 fully saturated rings. The number of aromatic nitrogens is 3. The number of nitrogens with one attached hydrogen (secondary N) is 2. The Morgan fingerprint density at radius 3 is 2.92 bits per heavy atom. The van der Waals surface area contributed by atoms with Crippen LogP contribution in [0.3, 0.4) is 0 Å². The second-order valence-corrected chi connectivity index (χ2v) is 7.21. The molecule has 0 bridgehead atoms. The van der Waals surface area contributed by atoms with Crippen LogP contribution in [0.1, 0.15) is 66.1 Å². The molecule has 0 saturated carbocycles. The largest absolute Gasteiger partial charge is 0.356 e. The van der Waals surface area contributed by atoms with E-state index in [1.54, 1.807) is 4.68 Å². The van der Waals surface area contributed by atoms with Crippen LogP contribution in [0.25, 0.3) is 10.9 Å². The number of carbonyl (C=O) groups excluding carboxylic acids is 1. The van der Waals surface area contributed by atoms with E-state index in [0.717, 1.165) is 36.2 Å². The summed E-state index contributed by atoms with van der Waals surface area (Å²) in [4.78, 5) is 16.3. The summed E-state index contributed by atoms with van der Waals surface area (Å²) in [6, 6.07) is 10.3. The zero-order valence-electron chi connectivity index (χ0n) is 15.0. The van der Waals surface area contributed by atoms with Gasteiger partial charge in [0.25, 0.3) is 5.91 Å². The van der Waals surface area contributed by atoms with E-state index in [4.69, 9.17) is 0 Å². The number of hydrogen-bond donors (Lipinski definition) is 2. The summed E-state index contributed by atoms with van der Waals surface area (Å²) in [6.45, 7) is 4.17. The number of aryl methyl sites for hydroxylation is 2. The number of aromatic amines is 1. The van der Waals surface area contributed by atoms with Crippen LogP contribution in [0.5, 0.6) is 0 Å². The quantitative estimate of drug-likeness (QED) is 0.763. The number of rotatable bonds is 3. The van der Waals surface area contributed by atoms with Crippen LogP contribution >= 0.6 is 0 Å². The van der Waals surface area contributed by atoms with Crippen molar-refractivity contribution in [1.82, 2.24) is 20.1 Å². The summed E-state index contributed by atoms with van der Waals surface area (Å²) in [7, 11) is 1.83. The molecule has 0 aliphatic heterocycles. The molecule has 0 spiro atoms. The van der Waals surface area contributed by atoms with E-state index in [1.807, 2.05) is 19.2 Å². The number of benzene rings is 1. The van der Waals surface area contributed by atoms with E-state index in [2.05, 4.69) is 47.4 Å². The number of para-hydroxylation sites is 1. The fourth-order valence-electron chi connectivity index (χ4n) is 3.78. The molecular formula is C20H24N4O. The van der Waals surface area contributed by atoms with Crippen LogP contribution in [0.4, 0.5) is 0 Å². The minimum absolute atomic E-state index is 0.0287. The number of hydrogen-bond acceptors (Lipinski definition) is 2. The number of amides is 1. The Morgan fingerprint density at radius 1 is 1.36 bits per heavy atom. The molecule has 0 saturated heterocycles. The highest BCUT2D eigenvalue weighted by atomic mass is 16.2. The molecule has 0 unspecified atom stereocenters. The Kier molecular flexibility index (Phi) is 3.86. The van der Waals surface area contributed by atoms with Gasteiger partial charge in [-0.25, -0.2) is 0 Å². The molecule has 3 aromatic rings. The molecule has 2 N–H and O–H groups in total. The van der Waals surface area contributed by atoms with Gasteiger partial charge in [-0.15, -0.1) is 0 Å². The Hall–Kier alpha value is -2.56. The van der Waals surface area contributed by atoms with Crippen molar-refractivity contribution in [3.63, 3.8) is 0 Å². The Morgan fingerprint density at radius 2 is 2.16 bits per heavy atom. The van der Waals surface area contributed by atoms with E-state index in [0.29, 0.717) is 11.6 Å². The van der Waals surface area contributed by atoms with E-state index < -0.39 is 0 Å². The van der Waals surface area contributed by atoms with Gasteiger partial charge in [0.15, 0.2) is 0 Å². The van der Waals surface area contributed by atoms with Gasteiger partial charge in [0, 0.05) is 23.6 Å². The van der Waals surface area contributed by atoms with Crippen LogP contribution in [-0.4, -0.2) is 20.7 Å². The van der Waals surface area contributed by atoms with Gasteiger partial charge in [-0.2, -0.15) is 5.10 Å². The zero-order chi connectivity index (χ0) is 17.6. The summed E-state index contributed by atoms with van der Waals surface area (Å²) in [5, 5.41) is 8.94. The third-order valence-corrected chi connectivity index (χ3v) is 5.14. The first-order valence-electron chi connectivity index (χ1n) is 8.99. The topological polar surface area (TPSA) is 62.7 Å². The molecule has 5 nitrogen and oxygen atoms in total. The number of nitrogens with zero attached hydrogens (tertiary/aromatic N) is 2. The van der Waals surface area contributed by atoms with Crippen LogP contribution in [0.15, 0.2) is 30.3 Å². The van der Waals surface area contributed by atoms with Gasteiger partial charge in [0.05, 0.1) is 11.7 Å². The van der Waals surface area contributed by atoms with Gasteiger partial charge in [-0.1, -0.05) is 32.0 Å². The molecule has 25 heavy (non-hydrogen) atoms. The molecule has 2 heterocycles. The van der Waals surface area contributed by atoms with Crippen molar-refractivity contribution in [2.75, 3.05) is 0 Å². The molecule has 130 valence electrons. The number of H-pyrrole nitrogens is 1. The zero-order valence-corrected chi connectivity index (χ0v) is 15.0. The first-order chi connectivity index (χ1) is 12.0. The summed E-state index contributed by atoms with van der Waals surface area (Å²) in [5.74, 6) is 0.251. The van der Waals surface area contributed by atoms with Crippen LogP contribution in [0.2, 0.25) is 0 Å². The van der Waals surface area contributed by atoms with Crippen LogP contribution < -0.4 is 5.32 Å². The third-order valence-electron chi connectivity index (χ3n) is 5.14. The third kappa shape index (κ3) is 2.73. The van der Waals surface area contributed by atoms with E-state index in [-0.39, 0.29) is 11.9 Å². The maximum atomic E-state index is 12.8. The van der Waals surface area contributed by atoms with Gasteiger partial charge in [-0.05, 0) is 42.9 Å². The fraction of sp³-hybridized carbons (Fsp3) is 0.400. The average molecular weight is 336 g/mol. The highest BCUT2D eigenvalue weighted by molar-refractivity contribution is 5.93. The summed E-state index contributed by atoms with van der Waals surface area (Å²) < 4.78 is 1.68. The number of fused-ring (bicyclic) bond motifs is 3. The minimum atomic E-state index is -0.0570. The average Bonchev–Trinajstić information content (AvgIpc) is 3.16. The van der Waals surface area contributed by atoms with Gasteiger partial charge in [-0.3, -0.25) is 9.48 Å². The van der Waals surface area contributed by atoms with E-state index in [9.17, 15) is 4.79 Å². The van der Waals surface area contributed by atoms with Gasteiger partial charge < -0.3 is 10.3 Å². The summed E-state index contributed by atoms with van der Waals surface area (Å²) in [6.07, 6.45) is 3.11. The van der Waals surface area contributed by atoms with Crippen molar-refractivity contribution in [1.29, 1.82) is 0 Å². The first-order valence-corrected chi connectivity index (χ1v) is 8.99. The molecule has 0 radical (unpaired) electrons. The maximum Gasteiger partial charge on any atom is 0.270 e. The lowest BCUT2D eigenvalue weighted by molar-refractivity contribution is 0.0922. The van der Waals surface area contributed by atoms with Gasteiger partial charge in [0.1, 0.15) is 5.69 Å². The first kappa shape index (κ1) is 15.9. The molecule has 1 aliphatic carbocycles. The Bertz CT molecular complexity index is 934. The lowest BCUT2D eigenvalue weighted by Gasteiger charge is -2.23. The molecule has 2 aromatic heterocycles. The van der Waals surface area contributed by atoms with Crippen molar-refractivity contribution >= 4 is 16.8 Å². The smallest absolute Gasteiger partial charge is 0.270 e. The van der Waals surface area contributed by atoms with Gasteiger partial charge in [0.2, 0.25) is 0 Å². The summed E-state index contributed by atoms with van der Waals surface area (Å²) >= 11 is 0. The SMILES string of the molecule is CC(C)c1cc(C(=O)N[C@@H]2CCCc3c2[nH]c2ccccc32)n(C)n1. The Labute approximate surface area is 147 Å². The second kappa shape index (κ2) is 6.06. The minimum Gasteiger partial charge on any atom is -0.356 e. The Balaban J connectivity index is 1.63. The highest BCUT2D eigenvalue weighted by Gasteiger charge is 2.26. The molecular weight excluding hydrogens is 312 g/mol. The van der Waals surface area contributed by atoms with Crippen molar-refractivity contribution < 1.29 is 4.79 Å². The molecule has 1 aliphatic rings. The van der Waals surface area contributed by atoms with Crippen molar-refractivity contribution in [3.05, 3.63) is 53.0 Å². The fourth-order valence-corrected chi connectivity index (χ4v) is 3.78. The van der Waals surface area contributed by atoms with E-state index >= 15 is 0 Å². The second-order valence-electron chi connectivity index (χ2n) is 7.21. The molecule has 1 amide bonds. The van der Waals surface area contributed by atoms with Gasteiger partial charge >= 0.3 is 0 Å². The molecule has 1 atom stereocenters. The van der Waals surface area contributed by atoms with Crippen molar-refractivity contribution in [2.45, 2.75) is 45.1 Å². The molecule has 1 aromatic carbocycles.